The molecule has 0 saturated heterocycles. The van der Waals surface area contributed by atoms with Crippen LogP contribution in [0, 0.1) is 5.92 Å². The van der Waals surface area contributed by atoms with Crippen LogP contribution in [-0.2, 0) is 0 Å². The molecule has 1 saturated carbocycles. The molecular formula is C6H11I. The minimum absolute atomic E-state index is 0.993. The van der Waals surface area contributed by atoms with Gasteiger partial charge in [0.1, 0.15) is 0 Å². The first-order valence-electron chi connectivity index (χ1n) is 2.93. The van der Waals surface area contributed by atoms with E-state index in [1.807, 2.05) is 0 Å². The molecule has 0 heterocycles. The molecule has 0 aromatic heterocycles. The van der Waals surface area contributed by atoms with Crippen molar-refractivity contribution in [2.24, 2.45) is 5.92 Å². The monoisotopic (exact) mass is 210 g/mol. The molecule has 1 rings (SSSR count). The molecule has 0 aromatic rings. The molecule has 0 spiro atoms. The molecule has 42 valence electrons. The van der Waals surface area contributed by atoms with E-state index in [-0.39, 0.29) is 0 Å². The number of hydrogen-bond donors (Lipinski definition) is 0. The molecule has 1 fully saturated rings. The van der Waals surface area contributed by atoms with E-state index in [0.717, 1.165) is 9.84 Å². The molecule has 0 bridgehead atoms. The van der Waals surface area contributed by atoms with Crippen LogP contribution >= 0.6 is 22.6 Å². The van der Waals surface area contributed by atoms with Crippen LogP contribution in [0.1, 0.15) is 26.2 Å². The van der Waals surface area contributed by atoms with Crippen LogP contribution in [0.15, 0.2) is 0 Å². The Morgan fingerprint density at radius 3 is 2.29 bits per heavy atom. The molecule has 1 unspecified atom stereocenters. The highest BCUT2D eigenvalue weighted by Crippen LogP contribution is 2.29. The Kier molecular flexibility index (Phi) is 1.95. The number of halogens is 1. The predicted octanol–water partition coefficient (Wildman–Crippen LogP) is 2.61. The Balaban J connectivity index is 2.26. The zero-order chi connectivity index (χ0) is 5.28. The number of rotatable bonds is 0. The van der Waals surface area contributed by atoms with Crippen molar-refractivity contribution in [2.75, 3.05) is 0 Å². The Morgan fingerprint density at radius 2 is 2.14 bits per heavy atom. The smallest absolute Gasteiger partial charge is 0.0112 e. The van der Waals surface area contributed by atoms with E-state index in [9.17, 15) is 0 Å². The predicted molar refractivity (Wildman–Crippen MR) is 40.8 cm³/mol. The molecule has 0 amide bonds. The molecule has 0 N–H and O–H groups in total. The summed E-state index contributed by atoms with van der Waals surface area (Å²) in [5.41, 5.74) is 0. The first-order valence-corrected chi connectivity index (χ1v) is 4.17. The maximum absolute atomic E-state index is 2.55. The lowest BCUT2D eigenvalue weighted by Crippen LogP contribution is -1.86. The van der Waals surface area contributed by atoms with Crippen LogP contribution in [0.4, 0.5) is 0 Å². The van der Waals surface area contributed by atoms with E-state index in [4.69, 9.17) is 0 Å². The Hall–Kier alpha value is 0.730. The van der Waals surface area contributed by atoms with Gasteiger partial charge in [-0.1, -0.05) is 29.5 Å². The minimum Gasteiger partial charge on any atom is -0.0826 e. The lowest BCUT2D eigenvalue weighted by atomic mass is 10.2. The van der Waals surface area contributed by atoms with E-state index in [1.165, 1.54) is 19.3 Å². The first-order chi connectivity index (χ1) is 3.29. The van der Waals surface area contributed by atoms with Gasteiger partial charge in [-0.2, -0.15) is 0 Å². The molecule has 1 aliphatic carbocycles. The van der Waals surface area contributed by atoms with Gasteiger partial charge in [0.05, 0.1) is 0 Å². The molecule has 0 radical (unpaired) electrons. The van der Waals surface area contributed by atoms with Crippen LogP contribution < -0.4 is 0 Å². The molecule has 7 heavy (non-hydrogen) atoms. The zero-order valence-corrected chi connectivity index (χ0v) is 6.81. The highest BCUT2D eigenvalue weighted by Gasteiger charge is 2.17. The third-order valence-electron chi connectivity index (χ3n) is 1.63. The normalized spacial score (nSPS) is 42.0. The third-order valence-corrected chi connectivity index (χ3v) is 2.76. The molecule has 0 aromatic carbocycles. The number of alkyl halides is 1. The van der Waals surface area contributed by atoms with Crippen molar-refractivity contribution in [1.82, 2.24) is 0 Å². The summed E-state index contributed by atoms with van der Waals surface area (Å²) in [4.78, 5) is 0. The zero-order valence-electron chi connectivity index (χ0n) is 4.65. The molecule has 0 nitrogen and oxygen atoms in total. The summed E-state index contributed by atoms with van der Waals surface area (Å²) in [5.74, 6) is 1.02. The van der Waals surface area contributed by atoms with Gasteiger partial charge in [-0.05, 0) is 25.2 Å². The summed E-state index contributed by atoms with van der Waals surface area (Å²) in [5, 5.41) is 0. The van der Waals surface area contributed by atoms with Crippen LogP contribution in [-0.4, -0.2) is 3.92 Å². The lowest BCUT2D eigenvalue weighted by Gasteiger charge is -1.94. The van der Waals surface area contributed by atoms with E-state index in [1.54, 1.807) is 0 Å². The minimum atomic E-state index is 0.993. The van der Waals surface area contributed by atoms with Gasteiger partial charge >= 0.3 is 0 Å². The van der Waals surface area contributed by atoms with Crippen LogP contribution in [0.2, 0.25) is 0 Å². The summed E-state index contributed by atoms with van der Waals surface area (Å²) in [6.07, 6.45) is 4.38. The first kappa shape index (κ1) is 5.86. The molecule has 2 atom stereocenters. The Morgan fingerprint density at radius 1 is 1.43 bits per heavy atom. The van der Waals surface area contributed by atoms with Crippen LogP contribution in [0.25, 0.3) is 0 Å². The second-order valence-corrected chi connectivity index (χ2v) is 4.28. The van der Waals surface area contributed by atoms with Crippen molar-refractivity contribution in [3.8, 4) is 0 Å². The van der Waals surface area contributed by atoms with Crippen molar-refractivity contribution in [1.29, 1.82) is 0 Å². The second kappa shape index (κ2) is 2.33. The van der Waals surface area contributed by atoms with E-state index in [2.05, 4.69) is 29.5 Å². The summed E-state index contributed by atoms with van der Waals surface area (Å²) in [7, 11) is 0. The van der Waals surface area contributed by atoms with Gasteiger partial charge in [0.2, 0.25) is 0 Å². The maximum Gasteiger partial charge on any atom is 0.0112 e. The van der Waals surface area contributed by atoms with Gasteiger partial charge in [-0.25, -0.2) is 0 Å². The van der Waals surface area contributed by atoms with Gasteiger partial charge in [0, 0.05) is 3.92 Å². The average molecular weight is 210 g/mol. The Bertz CT molecular complexity index is 53.2. The van der Waals surface area contributed by atoms with Crippen molar-refractivity contribution in [2.45, 2.75) is 30.1 Å². The summed E-state index contributed by atoms with van der Waals surface area (Å²) in [6.45, 7) is 2.35. The topological polar surface area (TPSA) is 0 Å². The second-order valence-electron chi connectivity index (χ2n) is 2.52. The summed E-state index contributed by atoms with van der Waals surface area (Å²) >= 11 is 2.55. The standard InChI is InChI=1S/C6H11I/c1-5-2-3-6(7)4-5/h5-6H,2-4H2,1H3/t5-,6?/m1/s1. The maximum atomic E-state index is 2.55. The van der Waals surface area contributed by atoms with Gasteiger partial charge in [-0.15, -0.1) is 0 Å². The molecule has 1 aliphatic rings. The van der Waals surface area contributed by atoms with Crippen molar-refractivity contribution >= 4 is 22.6 Å². The van der Waals surface area contributed by atoms with Crippen LogP contribution in [0.5, 0.6) is 0 Å². The lowest BCUT2D eigenvalue weighted by molar-refractivity contribution is 0.615. The quantitative estimate of drug-likeness (QED) is 0.425. The van der Waals surface area contributed by atoms with Gasteiger partial charge < -0.3 is 0 Å². The summed E-state index contributed by atoms with van der Waals surface area (Å²) < 4.78 is 0.993. The van der Waals surface area contributed by atoms with Crippen molar-refractivity contribution in [3.63, 3.8) is 0 Å². The SMILES string of the molecule is C[C@@H]1CCC(I)C1. The van der Waals surface area contributed by atoms with Gasteiger partial charge in [-0.3, -0.25) is 0 Å². The van der Waals surface area contributed by atoms with Crippen LogP contribution in [0.3, 0.4) is 0 Å². The van der Waals surface area contributed by atoms with Gasteiger partial charge in [0.15, 0.2) is 0 Å². The van der Waals surface area contributed by atoms with E-state index in [0.29, 0.717) is 0 Å². The average Bonchev–Trinajstić information content (AvgIpc) is 1.87. The molecule has 1 heteroatoms. The van der Waals surface area contributed by atoms with Crippen molar-refractivity contribution in [3.05, 3.63) is 0 Å². The third kappa shape index (κ3) is 1.59. The molecular weight excluding hydrogens is 199 g/mol. The van der Waals surface area contributed by atoms with E-state index < -0.39 is 0 Å². The van der Waals surface area contributed by atoms with Gasteiger partial charge in [0.25, 0.3) is 0 Å². The summed E-state index contributed by atoms with van der Waals surface area (Å²) in [6, 6.07) is 0. The van der Waals surface area contributed by atoms with Crippen molar-refractivity contribution < 1.29 is 0 Å². The fourth-order valence-corrected chi connectivity index (χ4v) is 2.37. The molecule has 0 aliphatic heterocycles. The fraction of sp³-hybridized carbons (Fsp3) is 1.00. The largest absolute Gasteiger partial charge is 0.0826 e. The Labute approximate surface area is 58.8 Å². The number of hydrogen-bond acceptors (Lipinski definition) is 0. The highest BCUT2D eigenvalue weighted by molar-refractivity contribution is 14.1. The highest BCUT2D eigenvalue weighted by atomic mass is 127. The van der Waals surface area contributed by atoms with E-state index >= 15 is 0 Å². The fourth-order valence-electron chi connectivity index (χ4n) is 1.14.